The fraction of sp³-hybridized carbons (Fsp3) is 0.111. The third-order valence-corrected chi connectivity index (χ3v) is 9.96. The summed E-state index contributed by atoms with van der Waals surface area (Å²) in [5.41, 5.74) is 5.06. The van der Waals surface area contributed by atoms with Gasteiger partial charge in [0.05, 0.1) is 31.8 Å². The molecular formula is C36H30N4O4S2. The molecule has 0 bridgehead atoms. The molecule has 1 N–H and O–H groups in total. The van der Waals surface area contributed by atoms with Crippen LogP contribution in [0, 0.1) is 0 Å². The Bertz CT molecular complexity index is 2000. The summed E-state index contributed by atoms with van der Waals surface area (Å²) < 4.78 is 10.4. The van der Waals surface area contributed by atoms with E-state index in [0.717, 1.165) is 60.6 Å². The first-order chi connectivity index (χ1) is 22.6. The van der Waals surface area contributed by atoms with E-state index in [1.165, 1.54) is 0 Å². The number of nitrogens with one attached hydrogen (secondary N) is 1. The van der Waals surface area contributed by atoms with Crippen LogP contribution in [0.4, 0.5) is 5.69 Å². The van der Waals surface area contributed by atoms with Crippen molar-refractivity contribution >= 4 is 61.4 Å². The Morgan fingerprint density at radius 3 is 1.85 bits per heavy atom. The van der Waals surface area contributed by atoms with Crippen LogP contribution in [0.1, 0.15) is 21.5 Å². The van der Waals surface area contributed by atoms with Gasteiger partial charge in [-0.25, -0.2) is 0 Å². The van der Waals surface area contributed by atoms with Crippen molar-refractivity contribution in [1.29, 1.82) is 0 Å². The summed E-state index contributed by atoms with van der Waals surface area (Å²) in [7, 11) is 6.44. The van der Waals surface area contributed by atoms with Crippen LogP contribution in [0.5, 0.6) is 11.5 Å². The van der Waals surface area contributed by atoms with E-state index in [9.17, 15) is 9.59 Å². The molecule has 0 aliphatic heterocycles. The maximum absolute atomic E-state index is 12.8. The molecule has 0 saturated heterocycles. The van der Waals surface area contributed by atoms with E-state index >= 15 is 0 Å². The number of fused-ring (bicyclic) bond motifs is 2. The van der Waals surface area contributed by atoms with Gasteiger partial charge in [-0.2, -0.15) is 0 Å². The Hall–Kier alpha value is -5.06. The summed E-state index contributed by atoms with van der Waals surface area (Å²) in [6.45, 7) is 0.774. The fourth-order valence-electron chi connectivity index (χ4n) is 5.09. The molecule has 0 aliphatic carbocycles. The molecule has 0 unspecified atom stereocenters. The predicted octanol–water partition coefficient (Wildman–Crippen LogP) is 7.69. The minimum absolute atomic E-state index is 0.156. The highest BCUT2D eigenvalue weighted by molar-refractivity contribution is 8.76. The molecule has 0 spiro atoms. The van der Waals surface area contributed by atoms with Crippen molar-refractivity contribution in [2.45, 2.75) is 22.9 Å². The van der Waals surface area contributed by atoms with Gasteiger partial charge in [-0.1, -0.05) is 45.9 Å². The van der Waals surface area contributed by atoms with Gasteiger partial charge in [0.2, 0.25) is 6.41 Å². The van der Waals surface area contributed by atoms with Gasteiger partial charge in [-0.15, -0.1) is 0 Å². The zero-order valence-electron chi connectivity index (χ0n) is 25.2. The normalized spacial score (nSPS) is 10.9. The number of hydrogen-bond donors (Lipinski definition) is 1. The van der Waals surface area contributed by atoms with Gasteiger partial charge in [0.15, 0.2) is 0 Å². The zero-order valence-corrected chi connectivity index (χ0v) is 26.8. The molecule has 0 aliphatic rings. The highest BCUT2D eigenvalue weighted by Crippen LogP contribution is 2.43. The molecule has 6 rings (SSSR count). The van der Waals surface area contributed by atoms with Gasteiger partial charge < -0.3 is 19.7 Å². The van der Waals surface area contributed by atoms with Gasteiger partial charge in [-0.05, 0) is 83.9 Å². The molecule has 0 radical (unpaired) electrons. The van der Waals surface area contributed by atoms with Gasteiger partial charge >= 0.3 is 0 Å². The average molecular weight is 647 g/mol. The van der Waals surface area contributed by atoms with Crippen LogP contribution in [0.3, 0.4) is 0 Å². The minimum Gasteiger partial charge on any atom is -0.497 e. The molecule has 0 atom stereocenters. The first-order valence-corrected chi connectivity index (χ1v) is 16.6. The van der Waals surface area contributed by atoms with Crippen molar-refractivity contribution in [2.24, 2.45) is 0 Å². The molecule has 4 aromatic carbocycles. The Morgan fingerprint density at radius 1 is 0.739 bits per heavy atom. The third kappa shape index (κ3) is 6.78. The fourth-order valence-corrected chi connectivity index (χ4v) is 7.35. The Balaban J connectivity index is 1.19. The highest BCUT2D eigenvalue weighted by Gasteiger charge is 2.15. The van der Waals surface area contributed by atoms with E-state index in [4.69, 9.17) is 19.4 Å². The van der Waals surface area contributed by atoms with Gasteiger partial charge in [0, 0.05) is 50.8 Å². The molecule has 2 aromatic heterocycles. The number of amides is 2. The molecule has 0 fully saturated rings. The van der Waals surface area contributed by atoms with Crippen LogP contribution >= 0.6 is 21.6 Å². The number of anilines is 1. The molecule has 6 aromatic rings. The van der Waals surface area contributed by atoms with E-state index in [1.807, 2.05) is 60.7 Å². The van der Waals surface area contributed by atoms with Crippen molar-refractivity contribution in [2.75, 3.05) is 19.1 Å². The second kappa shape index (κ2) is 14.4. The molecule has 2 amide bonds. The number of carbonyl (C=O) groups excluding carboxylic acids is 2. The summed E-state index contributed by atoms with van der Waals surface area (Å²) >= 11 is 0. The Kier molecular flexibility index (Phi) is 9.66. The monoisotopic (exact) mass is 646 g/mol. The molecule has 0 saturated carbocycles. The summed E-state index contributed by atoms with van der Waals surface area (Å²) in [4.78, 5) is 37.9. The standard InChI is InChI=1S/C36H30N4O4S2/c1-43-28-13-7-24(8-14-28)36(42)39-21-25-9-17-32(34-30(25)5-3-19-37-34)45-46-33-18-10-26(31-6-4-20-38-35(31)33)22-40(23-41)27-11-15-29(44-2)16-12-27/h3-20,23H,21-22H2,1-2H3,(H,39,42). The molecule has 2 heterocycles. The van der Waals surface area contributed by atoms with Gasteiger partial charge in [0.25, 0.3) is 5.91 Å². The van der Waals surface area contributed by atoms with E-state index in [1.54, 1.807) is 77.4 Å². The molecular weight excluding hydrogens is 617 g/mol. The summed E-state index contributed by atoms with van der Waals surface area (Å²) in [5, 5.41) is 4.99. The van der Waals surface area contributed by atoms with Crippen molar-refractivity contribution in [1.82, 2.24) is 15.3 Å². The van der Waals surface area contributed by atoms with Crippen molar-refractivity contribution in [3.8, 4) is 11.5 Å². The quantitative estimate of drug-likeness (QED) is 0.107. The molecule has 230 valence electrons. The SMILES string of the molecule is COc1ccc(C(=O)NCc2ccc(SSc3ccc(CN(C=O)c4ccc(OC)cc4)c4cccnc34)c3ncccc23)cc1. The van der Waals surface area contributed by atoms with Crippen LogP contribution in [-0.4, -0.2) is 36.5 Å². The smallest absolute Gasteiger partial charge is 0.251 e. The van der Waals surface area contributed by atoms with Crippen LogP contribution in [0.2, 0.25) is 0 Å². The van der Waals surface area contributed by atoms with E-state index in [-0.39, 0.29) is 5.91 Å². The lowest BCUT2D eigenvalue weighted by Gasteiger charge is -2.19. The van der Waals surface area contributed by atoms with E-state index in [0.29, 0.717) is 24.4 Å². The van der Waals surface area contributed by atoms with Crippen LogP contribution < -0.4 is 19.7 Å². The Morgan fingerprint density at radius 2 is 1.28 bits per heavy atom. The third-order valence-electron chi connectivity index (χ3n) is 7.53. The van der Waals surface area contributed by atoms with Crippen LogP contribution in [0.25, 0.3) is 21.8 Å². The number of pyridine rings is 2. The molecule has 46 heavy (non-hydrogen) atoms. The van der Waals surface area contributed by atoms with Crippen molar-refractivity contribution < 1.29 is 19.1 Å². The zero-order chi connectivity index (χ0) is 31.9. The topological polar surface area (TPSA) is 93.7 Å². The number of carbonyl (C=O) groups is 2. The second-order valence-electron chi connectivity index (χ2n) is 10.3. The first kappa shape index (κ1) is 30.9. The number of methoxy groups -OCH3 is 2. The summed E-state index contributed by atoms with van der Waals surface area (Å²) in [5.74, 6) is 1.28. The summed E-state index contributed by atoms with van der Waals surface area (Å²) in [6.07, 6.45) is 4.41. The predicted molar refractivity (Wildman–Crippen MR) is 185 cm³/mol. The largest absolute Gasteiger partial charge is 0.497 e. The molecule has 10 heteroatoms. The minimum atomic E-state index is -0.156. The molecule has 8 nitrogen and oxygen atoms in total. The van der Waals surface area contributed by atoms with E-state index < -0.39 is 0 Å². The van der Waals surface area contributed by atoms with Crippen LogP contribution in [0.15, 0.2) is 119 Å². The number of rotatable bonds is 12. The Labute approximate surface area is 274 Å². The lowest BCUT2D eigenvalue weighted by molar-refractivity contribution is -0.107. The number of hydrogen-bond acceptors (Lipinski definition) is 8. The first-order valence-electron chi connectivity index (χ1n) is 14.4. The van der Waals surface area contributed by atoms with Gasteiger partial charge in [-0.3, -0.25) is 19.6 Å². The van der Waals surface area contributed by atoms with Crippen molar-refractivity contribution in [3.63, 3.8) is 0 Å². The maximum atomic E-state index is 12.8. The average Bonchev–Trinajstić information content (AvgIpc) is 3.12. The van der Waals surface area contributed by atoms with Gasteiger partial charge in [0.1, 0.15) is 11.5 Å². The number of benzene rings is 4. The van der Waals surface area contributed by atoms with Crippen LogP contribution in [-0.2, 0) is 17.9 Å². The maximum Gasteiger partial charge on any atom is 0.251 e. The van der Waals surface area contributed by atoms with E-state index in [2.05, 4.69) is 17.4 Å². The lowest BCUT2D eigenvalue weighted by Crippen LogP contribution is -2.22. The number of ether oxygens (including phenoxy) is 2. The van der Waals surface area contributed by atoms with Crippen molar-refractivity contribution in [3.05, 3.63) is 126 Å². The highest BCUT2D eigenvalue weighted by atomic mass is 33.1. The summed E-state index contributed by atoms with van der Waals surface area (Å²) in [6, 6.07) is 30.5. The lowest BCUT2D eigenvalue weighted by atomic mass is 10.1. The number of nitrogens with zero attached hydrogens (tertiary/aromatic N) is 3. The number of aromatic nitrogens is 2. The second-order valence-corrected chi connectivity index (χ2v) is 12.5.